The number of piperidine rings is 2. The monoisotopic (exact) mass is 357 g/mol. The molecule has 2 heterocycles. The predicted molar refractivity (Wildman–Crippen MR) is 113 cm³/mol. The average molecular weight is 358 g/mol. The van der Waals surface area contributed by atoms with Crippen LogP contribution in [0.15, 0.2) is 30.3 Å². The lowest BCUT2D eigenvalue weighted by molar-refractivity contribution is 0.178. The molecule has 0 amide bonds. The molecule has 0 aliphatic carbocycles. The van der Waals surface area contributed by atoms with Gasteiger partial charge in [-0.2, -0.15) is 0 Å². The summed E-state index contributed by atoms with van der Waals surface area (Å²) < 4.78 is 0. The van der Waals surface area contributed by atoms with Crippen LogP contribution in [0, 0.1) is 5.92 Å². The van der Waals surface area contributed by atoms with Crippen LogP contribution in [0.4, 0.5) is 5.69 Å². The molecule has 0 N–H and O–H groups in total. The minimum Gasteiger partial charge on any atom is -0.372 e. The number of likely N-dealkylation sites (tertiary alicyclic amines) is 2. The molecular formula is C23H39N3. The molecule has 3 nitrogen and oxygen atoms in total. The van der Waals surface area contributed by atoms with Crippen molar-refractivity contribution < 1.29 is 0 Å². The summed E-state index contributed by atoms with van der Waals surface area (Å²) in [5.74, 6) is 1.00. The molecule has 2 fully saturated rings. The summed E-state index contributed by atoms with van der Waals surface area (Å²) in [6.07, 6.45) is 9.77. The van der Waals surface area contributed by atoms with Gasteiger partial charge in [-0.15, -0.1) is 0 Å². The van der Waals surface area contributed by atoms with Crippen LogP contribution in [-0.2, 0) is 0 Å². The Morgan fingerprint density at radius 1 is 0.885 bits per heavy atom. The molecular weight excluding hydrogens is 318 g/mol. The first-order valence-corrected chi connectivity index (χ1v) is 11.0. The van der Waals surface area contributed by atoms with E-state index in [1.807, 2.05) is 0 Å². The van der Waals surface area contributed by atoms with E-state index in [1.54, 1.807) is 0 Å². The molecule has 2 aliphatic rings. The Morgan fingerprint density at radius 3 is 2.19 bits per heavy atom. The molecule has 0 atom stereocenters. The average Bonchev–Trinajstić information content (AvgIpc) is 2.72. The molecule has 1 aromatic carbocycles. The first-order valence-electron chi connectivity index (χ1n) is 11.0. The summed E-state index contributed by atoms with van der Waals surface area (Å²) >= 11 is 0. The summed E-state index contributed by atoms with van der Waals surface area (Å²) in [5.41, 5.74) is 1.36. The summed E-state index contributed by atoms with van der Waals surface area (Å²) in [6, 6.07) is 11.6. The van der Waals surface area contributed by atoms with Gasteiger partial charge in [0.05, 0.1) is 0 Å². The van der Waals surface area contributed by atoms with Crippen molar-refractivity contribution in [3.8, 4) is 0 Å². The highest BCUT2D eigenvalue weighted by molar-refractivity contribution is 5.46. The van der Waals surface area contributed by atoms with Gasteiger partial charge in [0.25, 0.3) is 0 Å². The molecule has 0 saturated carbocycles. The third kappa shape index (κ3) is 5.72. The summed E-state index contributed by atoms with van der Waals surface area (Å²) in [7, 11) is 2.26. The Kier molecular flexibility index (Phi) is 7.82. The number of anilines is 1. The highest BCUT2D eigenvalue weighted by Gasteiger charge is 2.22. The van der Waals surface area contributed by atoms with E-state index in [1.165, 1.54) is 89.9 Å². The van der Waals surface area contributed by atoms with Crippen molar-refractivity contribution in [2.45, 2.75) is 57.9 Å². The van der Waals surface area contributed by atoms with Crippen molar-refractivity contribution in [3.63, 3.8) is 0 Å². The van der Waals surface area contributed by atoms with Gasteiger partial charge in [0.15, 0.2) is 0 Å². The highest BCUT2D eigenvalue weighted by Crippen LogP contribution is 2.24. The zero-order valence-electron chi connectivity index (χ0n) is 17.1. The number of benzene rings is 1. The molecule has 26 heavy (non-hydrogen) atoms. The van der Waals surface area contributed by atoms with Gasteiger partial charge in [-0.05, 0) is 76.3 Å². The maximum absolute atomic E-state index is 2.70. The van der Waals surface area contributed by atoms with Gasteiger partial charge in [0.1, 0.15) is 0 Å². The van der Waals surface area contributed by atoms with E-state index in [4.69, 9.17) is 0 Å². The molecule has 0 bridgehead atoms. The molecule has 2 saturated heterocycles. The van der Waals surface area contributed by atoms with E-state index in [2.05, 4.69) is 59.0 Å². The van der Waals surface area contributed by atoms with Crippen molar-refractivity contribution in [2.24, 2.45) is 5.92 Å². The van der Waals surface area contributed by atoms with Gasteiger partial charge >= 0.3 is 0 Å². The topological polar surface area (TPSA) is 9.72 Å². The van der Waals surface area contributed by atoms with Gasteiger partial charge in [0.2, 0.25) is 0 Å². The van der Waals surface area contributed by atoms with Gasteiger partial charge in [0, 0.05) is 31.9 Å². The van der Waals surface area contributed by atoms with Crippen LogP contribution in [0.3, 0.4) is 0 Å². The first kappa shape index (κ1) is 19.7. The summed E-state index contributed by atoms with van der Waals surface area (Å²) in [6.45, 7) is 10.1. The number of nitrogens with zero attached hydrogens (tertiary/aromatic N) is 3. The standard InChI is InChI=1S/C23H39N3/c1-3-25-17-12-21(13-18-25)9-7-8-16-26-19-14-23(15-20-26)24(2)22-10-5-4-6-11-22/h4-6,10-11,21,23H,3,7-9,12-20H2,1-2H3. The smallest absolute Gasteiger partial charge is 0.0366 e. The molecule has 3 heteroatoms. The van der Waals surface area contributed by atoms with E-state index in [0.717, 1.165) is 5.92 Å². The minimum absolute atomic E-state index is 0.706. The number of unbranched alkanes of at least 4 members (excludes halogenated alkanes) is 1. The van der Waals surface area contributed by atoms with Gasteiger partial charge in [-0.1, -0.05) is 38.0 Å². The molecule has 146 valence electrons. The maximum Gasteiger partial charge on any atom is 0.0366 e. The quantitative estimate of drug-likeness (QED) is 0.635. The molecule has 0 radical (unpaired) electrons. The molecule has 3 rings (SSSR count). The van der Waals surface area contributed by atoms with Gasteiger partial charge in [-0.25, -0.2) is 0 Å². The van der Waals surface area contributed by atoms with Crippen molar-refractivity contribution in [1.29, 1.82) is 0 Å². The lowest BCUT2D eigenvalue weighted by atomic mass is 9.91. The number of para-hydroxylation sites is 1. The summed E-state index contributed by atoms with van der Waals surface area (Å²) in [4.78, 5) is 7.79. The Balaban J connectivity index is 1.27. The van der Waals surface area contributed by atoms with Crippen molar-refractivity contribution in [1.82, 2.24) is 9.80 Å². The van der Waals surface area contributed by atoms with E-state index >= 15 is 0 Å². The van der Waals surface area contributed by atoms with Crippen molar-refractivity contribution in [3.05, 3.63) is 30.3 Å². The number of rotatable bonds is 8. The Bertz CT molecular complexity index is 487. The van der Waals surface area contributed by atoms with Crippen LogP contribution >= 0.6 is 0 Å². The molecule has 1 aromatic rings. The fraction of sp³-hybridized carbons (Fsp3) is 0.739. The van der Waals surface area contributed by atoms with E-state index in [-0.39, 0.29) is 0 Å². The van der Waals surface area contributed by atoms with Crippen molar-refractivity contribution in [2.75, 3.05) is 51.2 Å². The fourth-order valence-electron chi connectivity index (χ4n) is 4.76. The van der Waals surface area contributed by atoms with Crippen LogP contribution < -0.4 is 4.90 Å². The SMILES string of the molecule is CCN1CCC(CCCCN2CCC(N(C)c3ccccc3)CC2)CC1. The minimum atomic E-state index is 0.706. The fourth-order valence-corrected chi connectivity index (χ4v) is 4.76. The lowest BCUT2D eigenvalue weighted by Gasteiger charge is -2.38. The largest absolute Gasteiger partial charge is 0.372 e. The second-order valence-electron chi connectivity index (χ2n) is 8.39. The zero-order valence-corrected chi connectivity index (χ0v) is 17.1. The first-order chi connectivity index (χ1) is 12.8. The van der Waals surface area contributed by atoms with Crippen LogP contribution in [0.25, 0.3) is 0 Å². The third-order valence-corrected chi connectivity index (χ3v) is 6.76. The van der Waals surface area contributed by atoms with Gasteiger partial charge in [-0.3, -0.25) is 0 Å². The molecule has 2 aliphatic heterocycles. The van der Waals surface area contributed by atoms with Crippen LogP contribution in [0.2, 0.25) is 0 Å². The number of hydrogen-bond donors (Lipinski definition) is 0. The second kappa shape index (κ2) is 10.3. The van der Waals surface area contributed by atoms with E-state index in [9.17, 15) is 0 Å². The Labute approximate surface area is 161 Å². The maximum atomic E-state index is 2.70. The summed E-state index contributed by atoms with van der Waals surface area (Å²) in [5, 5.41) is 0. The lowest BCUT2D eigenvalue weighted by Crippen LogP contribution is -2.43. The zero-order chi connectivity index (χ0) is 18.2. The van der Waals surface area contributed by atoms with E-state index in [0.29, 0.717) is 6.04 Å². The van der Waals surface area contributed by atoms with Crippen molar-refractivity contribution >= 4 is 5.69 Å². The molecule has 0 spiro atoms. The highest BCUT2D eigenvalue weighted by atomic mass is 15.2. The van der Waals surface area contributed by atoms with Gasteiger partial charge < -0.3 is 14.7 Å². The Hall–Kier alpha value is -1.06. The predicted octanol–water partition coefficient (Wildman–Crippen LogP) is 4.49. The molecule has 0 unspecified atom stereocenters. The number of hydrogen-bond acceptors (Lipinski definition) is 3. The van der Waals surface area contributed by atoms with E-state index < -0.39 is 0 Å². The molecule has 0 aromatic heterocycles. The van der Waals surface area contributed by atoms with Crippen LogP contribution in [-0.4, -0.2) is 62.2 Å². The second-order valence-corrected chi connectivity index (χ2v) is 8.39. The van der Waals surface area contributed by atoms with Crippen LogP contribution in [0.5, 0.6) is 0 Å². The Morgan fingerprint density at radius 2 is 1.54 bits per heavy atom. The third-order valence-electron chi connectivity index (χ3n) is 6.76. The normalized spacial score (nSPS) is 21.2. The van der Waals surface area contributed by atoms with Crippen LogP contribution in [0.1, 0.15) is 51.9 Å².